The quantitative estimate of drug-likeness (QED) is 0.777. The molecule has 0 bridgehead atoms. The number of nitrogens with zero attached hydrogens (tertiary/aromatic N) is 2. The molecule has 0 spiro atoms. The first-order valence-corrected chi connectivity index (χ1v) is 11.3. The molecule has 1 aromatic heterocycles. The Bertz CT molecular complexity index is 901. The Balaban J connectivity index is 1.56. The second-order valence-electron chi connectivity index (χ2n) is 8.54. The highest BCUT2D eigenvalue weighted by molar-refractivity contribution is 5.85. The highest BCUT2D eigenvalue weighted by Crippen LogP contribution is 2.38. The predicted molar refractivity (Wildman–Crippen MR) is 119 cm³/mol. The molecule has 2 saturated heterocycles. The van der Waals surface area contributed by atoms with Gasteiger partial charge in [0, 0.05) is 44.2 Å². The van der Waals surface area contributed by atoms with Crippen molar-refractivity contribution in [2.24, 2.45) is 5.41 Å². The number of piperidine rings is 1. The lowest BCUT2D eigenvalue weighted by molar-refractivity contribution is -0.146. The fourth-order valence-electron chi connectivity index (χ4n) is 4.81. The van der Waals surface area contributed by atoms with Crippen LogP contribution in [0.15, 0.2) is 48.8 Å². The SMILES string of the molecule is CCNC(=O)C1(Cc2ccccc2-c2cccnc2)CCN(C(=O)[C@@H]2CCCO2)CC1. The third-order valence-electron chi connectivity index (χ3n) is 6.58. The Labute approximate surface area is 184 Å². The molecule has 0 radical (unpaired) electrons. The highest BCUT2D eigenvalue weighted by Gasteiger charge is 2.43. The summed E-state index contributed by atoms with van der Waals surface area (Å²) >= 11 is 0. The summed E-state index contributed by atoms with van der Waals surface area (Å²) in [4.78, 5) is 32.2. The molecule has 6 heteroatoms. The number of nitrogens with one attached hydrogen (secondary N) is 1. The van der Waals surface area contributed by atoms with Crippen LogP contribution in [0.5, 0.6) is 0 Å². The standard InChI is InChI=1S/C25H31N3O3/c1-2-27-24(30)25(11-14-28(15-12-25)23(29)22-10-6-16-31-22)17-19-7-3-4-9-21(19)20-8-5-13-26-18-20/h3-5,7-9,13,18,22H,2,6,10-12,14-17H2,1H3,(H,27,30)/t22-/m0/s1. The van der Waals surface area contributed by atoms with Crippen molar-refractivity contribution >= 4 is 11.8 Å². The number of likely N-dealkylation sites (tertiary alicyclic amines) is 1. The van der Waals surface area contributed by atoms with Crippen LogP contribution in [0, 0.1) is 5.41 Å². The van der Waals surface area contributed by atoms with Gasteiger partial charge in [0.1, 0.15) is 6.10 Å². The van der Waals surface area contributed by atoms with Crippen LogP contribution in [0.3, 0.4) is 0 Å². The van der Waals surface area contributed by atoms with Crippen molar-refractivity contribution in [3.05, 3.63) is 54.4 Å². The molecule has 0 unspecified atom stereocenters. The average Bonchev–Trinajstić information content (AvgIpc) is 3.35. The number of hydrogen-bond donors (Lipinski definition) is 1. The van der Waals surface area contributed by atoms with Crippen molar-refractivity contribution in [1.29, 1.82) is 0 Å². The number of ether oxygens (including phenoxy) is 1. The molecule has 2 amide bonds. The van der Waals surface area contributed by atoms with Crippen LogP contribution in [0.4, 0.5) is 0 Å². The molecule has 1 aromatic carbocycles. The first-order valence-electron chi connectivity index (χ1n) is 11.3. The van der Waals surface area contributed by atoms with E-state index in [0.29, 0.717) is 45.5 Å². The minimum atomic E-state index is -0.526. The number of rotatable bonds is 6. The lowest BCUT2D eigenvalue weighted by atomic mass is 9.72. The van der Waals surface area contributed by atoms with Crippen LogP contribution in [0.1, 0.15) is 38.2 Å². The van der Waals surface area contributed by atoms with Crippen molar-refractivity contribution in [3.63, 3.8) is 0 Å². The van der Waals surface area contributed by atoms with Crippen LogP contribution in [-0.2, 0) is 20.7 Å². The van der Waals surface area contributed by atoms with E-state index in [1.54, 1.807) is 6.20 Å². The lowest BCUT2D eigenvalue weighted by Gasteiger charge is -2.41. The summed E-state index contributed by atoms with van der Waals surface area (Å²) < 4.78 is 5.59. The average molecular weight is 422 g/mol. The Morgan fingerprint density at radius 2 is 2.00 bits per heavy atom. The molecule has 2 fully saturated rings. The van der Waals surface area contributed by atoms with Gasteiger partial charge < -0.3 is 15.0 Å². The fraction of sp³-hybridized carbons (Fsp3) is 0.480. The number of amides is 2. The molecule has 1 N–H and O–H groups in total. The summed E-state index contributed by atoms with van der Waals surface area (Å²) in [7, 11) is 0. The van der Waals surface area contributed by atoms with Crippen LogP contribution < -0.4 is 5.32 Å². The second-order valence-corrected chi connectivity index (χ2v) is 8.54. The van der Waals surface area contributed by atoms with E-state index in [1.807, 2.05) is 42.3 Å². The van der Waals surface area contributed by atoms with Gasteiger partial charge in [0.15, 0.2) is 0 Å². The van der Waals surface area contributed by atoms with E-state index in [4.69, 9.17) is 4.74 Å². The molecule has 164 valence electrons. The van der Waals surface area contributed by atoms with Crippen molar-refractivity contribution in [2.75, 3.05) is 26.2 Å². The molecule has 31 heavy (non-hydrogen) atoms. The molecule has 2 aliphatic rings. The largest absolute Gasteiger partial charge is 0.368 e. The maximum atomic E-state index is 13.3. The van der Waals surface area contributed by atoms with Crippen molar-refractivity contribution in [1.82, 2.24) is 15.2 Å². The summed E-state index contributed by atoms with van der Waals surface area (Å²) in [6, 6.07) is 12.2. The van der Waals surface area contributed by atoms with Crippen molar-refractivity contribution in [3.8, 4) is 11.1 Å². The van der Waals surface area contributed by atoms with Gasteiger partial charge >= 0.3 is 0 Å². The van der Waals surface area contributed by atoms with Gasteiger partial charge in [-0.05, 0) is 56.2 Å². The third kappa shape index (κ3) is 4.64. The zero-order valence-electron chi connectivity index (χ0n) is 18.2. The maximum Gasteiger partial charge on any atom is 0.251 e. The van der Waals surface area contributed by atoms with E-state index in [0.717, 1.165) is 29.5 Å². The summed E-state index contributed by atoms with van der Waals surface area (Å²) in [6.07, 6.45) is 7.02. The van der Waals surface area contributed by atoms with Gasteiger partial charge in [-0.25, -0.2) is 0 Å². The Morgan fingerprint density at radius 3 is 2.68 bits per heavy atom. The summed E-state index contributed by atoms with van der Waals surface area (Å²) in [5.41, 5.74) is 2.77. The topological polar surface area (TPSA) is 71.5 Å². The lowest BCUT2D eigenvalue weighted by Crippen LogP contribution is -2.52. The molecular formula is C25H31N3O3. The van der Waals surface area contributed by atoms with Crippen molar-refractivity contribution in [2.45, 2.75) is 45.1 Å². The second kappa shape index (κ2) is 9.60. The smallest absolute Gasteiger partial charge is 0.251 e. The van der Waals surface area contributed by atoms with E-state index in [9.17, 15) is 9.59 Å². The maximum absolute atomic E-state index is 13.3. The molecule has 0 aliphatic carbocycles. The molecule has 6 nitrogen and oxygen atoms in total. The number of carbonyl (C=O) groups excluding carboxylic acids is 2. The van der Waals surface area contributed by atoms with Crippen LogP contribution in [0.2, 0.25) is 0 Å². The van der Waals surface area contributed by atoms with Gasteiger partial charge in [-0.2, -0.15) is 0 Å². The van der Waals surface area contributed by atoms with E-state index in [-0.39, 0.29) is 17.9 Å². The van der Waals surface area contributed by atoms with Crippen LogP contribution in [0.25, 0.3) is 11.1 Å². The molecule has 4 rings (SSSR count). The summed E-state index contributed by atoms with van der Waals surface area (Å²) in [5, 5.41) is 3.06. The summed E-state index contributed by atoms with van der Waals surface area (Å²) in [6.45, 7) is 4.39. The van der Waals surface area contributed by atoms with Gasteiger partial charge in [-0.15, -0.1) is 0 Å². The number of hydrogen-bond acceptors (Lipinski definition) is 4. The molecule has 2 aliphatic heterocycles. The Morgan fingerprint density at radius 1 is 1.19 bits per heavy atom. The number of pyridine rings is 1. The zero-order chi connectivity index (χ0) is 21.7. The number of benzene rings is 1. The van der Waals surface area contributed by atoms with Gasteiger partial charge in [-0.3, -0.25) is 14.6 Å². The van der Waals surface area contributed by atoms with Gasteiger partial charge in [0.25, 0.3) is 5.91 Å². The first kappa shape index (κ1) is 21.5. The number of aromatic nitrogens is 1. The molecule has 3 heterocycles. The minimum Gasteiger partial charge on any atom is -0.368 e. The van der Waals surface area contributed by atoms with Crippen molar-refractivity contribution < 1.29 is 14.3 Å². The fourth-order valence-corrected chi connectivity index (χ4v) is 4.81. The van der Waals surface area contributed by atoms with E-state index in [1.165, 1.54) is 0 Å². The van der Waals surface area contributed by atoms with Gasteiger partial charge in [0.2, 0.25) is 5.91 Å². The van der Waals surface area contributed by atoms with E-state index >= 15 is 0 Å². The Kier molecular flexibility index (Phi) is 6.66. The summed E-state index contributed by atoms with van der Waals surface area (Å²) in [5.74, 6) is 0.165. The molecular weight excluding hydrogens is 390 g/mol. The van der Waals surface area contributed by atoms with Crippen LogP contribution >= 0.6 is 0 Å². The number of carbonyl (C=O) groups is 2. The monoisotopic (exact) mass is 421 g/mol. The normalized spacial score (nSPS) is 20.4. The highest BCUT2D eigenvalue weighted by atomic mass is 16.5. The van der Waals surface area contributed by atoms with E-state index in [2.05, 4.69) is 22.4 Å². The Hall–Kier alpha value is -2.73. The predicted octanol–water partition coefficient (Wildman–Crippen LogP) is 3.22. The molecule has 2 aromatic rings. The van der Waals surface area contributed by atoms with Gasteiger partial charge in [0.05, 0.1) is 5.41 Å². The first-order chi connectivity index (χ1) is 15.1. The molecule has 0 saturated carbocycles. The zero-order valence-corrected chi connectivity index (χ0v) is 18.2. The van der Waals surface area contributed by atoms with E-state index < -0.39 is 5.41 Å². The van der Waals surface area contributed by atoms with Crippen LogP contribution in [-0.4, -0.2) is 54.0 Å². The molecule has 1 atom stereocenters. The third-order valence-corrected chi connectivity index (χ3v) is 6.58. The van der Waals surface area contributed by atoms with Gasteiger partial charge in [-0.1, -0.05) is 30.3 Å². The minimum absolute atomic E-state index is 0.0813.